The molecule has 3 atom stereocenters. The SMILES string of the molecule is CO[C@@]1(C)CN(c2ccc3c(n2)CC[C@H](NC(=O)c2sc4nc(C)ccc4c2N)C3)C[C@H]1N. The molecule has 5 N–H and O–H groups in total. The quantitative estimate of drug-likeness (QED) is 0.540. The van der Waals surface area contributed by atoms with Crippen LogP contribution < -0.4 is 21.7 Å². The standard InChI is InChI=1S/C24H30N6O2S/c1-13-4-7-16-20(26)21(33-23(16)27-13)22(31)28-15-6-8-17-14(10-15)5-9-19(29-17)30-11-18(25)24(2,12-30)32-3/h4-5,7,9,15,18H,6,8,10-12,25-26H2,1-3H3,(H,28,31)/t15-,18+,24-/m0/s1. The van der Waals surface area contributed by atoms with Gasteiger partial charge in [-0.3, -0.25) is 4.79 Å². The molecule has 0 radical (unpaired) electrons. The van der Waals surface area contributed by atoms with Crippen LogP contribution in [0.15, 0.2) is 24.3 Å². The summed E-state index contributed by atoms with van der Waals surface area (Å²) in [6.07, 6.45) is 2.41. The summed E-state index contributed by atoms with van der Waals surface area (Å²) in [7, 11) is 1.71. The minimum Gasteiger partial charge on any atom is -0.397 e. The fourth-order valence-electron chi connectivity index (χ4n) is 4.79. The molecule has 1 aliphatic heterocycles. The average Bonchev–Trinajstić information content (AvgIpc) is 3.29. The first-order chi connectivity index (χ1) is 15.8. The lowest BCUT2D eigenvalue weighted by Gasteiger charge is -2.27. The number of anilines is 2. The molecule has 5 rings (SSSR count). The van der Waals surface area contributed by atoms with E-state index >= 15 is 0 Å². The lowest BCUT2D eigenvalue weighted by molar-refractivity contribution is 0.0129. The average molecular weight is 467 g/mol. The summed E-state index contributed by atoms with van der Waals surface area (Å²) in [4.78, 5) is 26.0. The first kappa shape index (κ1) is 22.1. The van der Waals surface area contributed by atoms with Crippen molar-refractivity contribution >= 4 is 39.0 Å². The van der Waals surface area contributed by atoms with E-state index in [1.54, 1.807) is 7.11 Å². The maximum Gasteiger partial charge on any atom is 0.263 e. The number of amides is 1. The molecule has 2 aliphatic rings. The van der Waals surface area contributed by atoms with Crippen LogP contribution >= 0.6 is 11.3 Å². The fourth-order valence-corrected chi connectivity index (χ4v) is 5.83. The van der Waals surface area contributed by atoms with Gasteiger partial charge in [0, 0.05) is 43.0 Å². The lowest BCUT2D eigenvalue weighted by atomic mass is 9.91. The molecule has 0 aromatic carbocycles. The van der Waals surface area contributed by atoms with Crippen LogP contribution in [0, 0.1) is 6.92 Å². The Morgan fingerprint density at radius 1 is 1.30 bits per heavy atom. The first-order valence-electron chi connectivity index (χ1n) is 11.3. The van der Waals surface area contributed by atoms with Crippen molar-refractivity contribution in [3.05, 3.63) is 46.1 Å². The Morgan fingerprint density at radius 3 is 2.88 bits per heavy atom. The van der Waals surface area contributed by atoms with Gasteiger partial charge in [-0.2, -0.15) is 0 Å². The summed E-state index contributed by atoms with van der Waals surface area (Å²) < 4.78 is 5.65. The van der Waals surface area contributed by atoms with E-state index in [-0.39, 0.29) is 23.6 Å². The second-order valence-electron chi connectivity index (χ2n) is 9.34. The van der Waals surface area contributed by atoms with Gasteiger partial charge in [-0.05, 0) is 56.9 Å². The number of carbonyl (C=O) groups excluding carboxylic acids is 1. The van der Waals surface area contributed by atoms with E-state index in [1.807, 2.05) is 26.0 Å². The number of aromatic nitrogens is 2. The minimum absolute atomic E-state index is 0.0500. The molecule has 174 valence electrons. The van der Waals surface area contributed by atoms with Crippen LogP contribution in [0.5, 0.6) is 0 Å². The second kappa shape index (κ2) is 8.23. The first-order valence-corrected chi connectivity index (χ1v) is 12.1. The Balaban J connectivity index is 1.28. The third-order valence-electron chi connectivity index (χ3n) is 7.02. The van der Waals surface area contributed by atoms with Crippen LogP contribution in [-0.2, 0) is 17.6 Å². The molecule has 0 spiro atoms. The number of thiophene rings is 1. The monoisotopic (exact) mass is 466 g/mol. The van der Waals surface area contributed by atoms with Crippen LogP contribution in [0.4, 0.5) is 11.5 Å². The number of hydrogen-bond donors (Lipinski definition) is 3. The summed E-state index contributed by atoms with van der Waals surface area (Å²) in [6.45, 7) is 5.42. The molecule has 9 heteroatoms. The highest BCUT2D eigenvalue weighted by atomic mass is 32.1. The molecule has 3 aromatic heterocycles. The highest BCUT2D eigenvalue weighted by molar-refractivity contribution is 7.21. The molecule has 4 heterocycles. The summed E-state index contributed by atoms with van der Waals surface area (Å²) in [5.41, 5.74) is 15.9. The zero-order chi connectivity index (χ0) is 23.3. The summed E-state index contributed by atoms with van der Waals surface area (Å²) >= 11 is 1.35. The van der Waals surface area contributed by atoms with E-state index in [1.165, 1.54) is 16.9 Å². The summed E-state index contributed by atoms with van der Waals surface area (Å²) in [5.74, 6) is 0.810. The van der Waals surface area contributed by atoms with Gasteiger partial charge in [-0.15, -0.1) is 11.3 Å². The van der Waals surface area contributed by atoms with Gasteiger partial charge in [0.25, 0.3) is 5.91 Å². The van der Waals surface area contributed by atoms with E-state index in [2.05, 4.69) is 27.3 Å². The third kappa shape index (κ3) is 3.94. The van der Waals surface area contributed by atoms with E-state index in [4.69, 9.17) is 21.2 Å². The van der Waals surface area contributed by atoms with E-state index in [0.29, 0.717) is 10.6 Å². The van der Waals surface area contributed by atoms with Gasteiger partial charge in [0.1, 0.15) is 15.5 Å². The number of pyridine rings is 2. The number of nitrogen functional groups attached to an aromatic ring is 1. The molecule has 8 nitrogen and oxygen atoms in total. The zero-order valence-corrected chi connectivity index (χ0v) is 20.0. The van der Waals surface area contributed by atoms with Crippen LogP contribution in [0.2, 0.25) is 0 Å². The fraction of sp³-hybridized carbons (Fsp3) is 0.458. The Bertz CT molecular complexity index is 1230. The second-order valence-corrected chi connectivity index (χ2v) is 10.3. The Morgan fingerprint density at radius 2 is 2.12 bits per heavy atom. The summed E-state index contributed by atoms with van der Waals surface area (Å²) in [5, 5.41) is 4.02. The maximum atomic E-state index is 13.0. The number of fused-ring (bicyclic) bond motifs is 2. The van der Waals surface area contributed by atoms with Crippen LogP contribution in [0.3, 0.4) is 0 Å². The lowest BCUT2D eigenvalue weighted by Crippen LogP contribution is -2.45. The Kier molecular flexibility index (Phi) is 5.50. The van der Waals surface area contributed by atoms with Crippen molar-refractivity contribution in [2.45, 2.75) is 50.8 Å². The number of nitrogens with zero attached hydrogens (tertiary/aromatic N) is 3. The number of rotatable bonds is 4. The van der Waals surface area contributed by atoms with Crippen LogP contribution in [-0.4, -0.2) is 53.8 Å². The van der Waals surface area contributed by atoms with Crippen molar-refractivity contribution in [3.63, 3.8) is 0 Å². The summed E-state index contributed by atoms with van der Waals surface area (Å²) in [6, 6.07) is 8.02. The molecular formula is C24H30N6O2S. The number of ether oxygens (including phenoxy) is 1. The van der Waals surface area contributed by atoms with Gasteiger partial charge in [0.2, 0.25) is 0 Å². The van der Waals surface area contributed by atoms with E-state index in [9.17, 15) is 4.79 Å². The molecule has 1 fully saturated rings. The van der Waals surface area contributed by atoms with Gasteiger partial charge >= 0.3 is 0 Å². The normalized spacial score (nSPS) is 24.8. The minimum atomic E-state index is -0.365. The highest BCUT2D eigenvalue weighted by Crippen LogP contribution is 2.33. The van der Waals surface area contributed by atoms with Crippen LogP contribution in [0.25, 0.3) is 10.2 Å². The number of nitrogens with two attached hydrogens (primary N) is 2. The number of methoxy groups -OCH3 is 1. The van der Waals surface area contributed by atoms with Crippen molar-refractivity contribution in [2.75, 3.05) is 30.8 Å². The topological polar surface area (TPSA) is 119 Å². The van der Waals surface area contributed by atoms with Crippen LogP contribution in [0.1, 0.15) is 40.0 Å². The van der Waals surface area contributed by atoms with Crippen molar-refractivity contribution < 1.29 is 9.53 Å². The number of carbonyl (C=O) groups is 1. The van der Waals surface area contributed by atoms with Gasteiger partial charge in [0.15, 0.2) is 0 Å². The number of aryl methyl sites for hydroxylation is 2. The highest BCUT2D eigenvalue weighted by Gasteiger charge is 2.41. The largest absolute Gasteiger partial charge is 0.397 e. The molecule has 0 unspecified atom stereocenters. The molecule has 1 amide bonds. The van der Waals surface area contributed by atoms with E-state index in [0.717, 1.165) is 59.8 Å². The molecule has 1 saturated heterocycles. The van der Waals surface area contributed by atoms with Crippen molar-refractivity contribution in [2.24, 2.45) is 5.73 Å². The van der Waals surface area contributed by atoms with E-state index < -0.39 is 0 Å². The number of hydrogen-bond acceptors (Lipinski definition) is 8. The number of nitrogens with one attached hydrogen (secondary N) is 1. The van der Waals surface area contributed by atoms with Crippen molar-refractivity contribution in [1.82, 2.24) is 15.3 Å². The van der Waals surface area contributed by atoms with Gasteiger partial charge in [-0.1, -0.05) is 6.07 Å². The Labute approximate surface area is 197 Å². The molecular weight excluding hydrogens is 436 g/mol. The van der Waals surface area contributed by atoms with Crippen molar-refractivity contribution in [3.8, 4) is 0 Å². The van der Waals surface area contributed by atoms with Crippen molar-refractivity contribution in [1.29, 1.82) is 0 Å². The molecule has 3 aromatic rings. The maximum absolute atomic E-state index is 13.0. The predicted molar refractivity (Wildman–Crippen MR) is 132 cm³/mol. The smallest absolute Gasteiger partial charge is 0.263 e. The van der Waals surface area contributed by atoms with Gasteiger partial charge in [-0.25, -0.2) is 9.97 Å². The molecule has 0 bridgehead atoms. The van der Waals surface area contributed by atoms with Gasteiger partial charge in [0.05, 0.1) is 17.3 Å². The predicted octanol–water partition coefficient (Wildman–Crippen LogP) is 2.42. The molecule has 0 saturated carbocycles. The third-order valence-corrected chi connectivity index (χ3v) is 8.13. The molecule has 1 aliphatic carbocycles. The van der Waals surface area contributed by atoms with Gasteiger partial charge < -0.3 is 26.4 Å². The zero-order valence-electron chi connectivity index (χ0n) is 19.2. The Hall–Kier alpha value is -2.75. The molecule has 33 heavy (non-hydrogen) atoms.